The van der Waals surface area contributed by atoms with Crippen molar-refractivity contribution in [3.63, 3.8) is 0 Å². The fourth-order valence-corrected chi connectivity index (χ4v) is 2.31. The van der Waals surface area contributed by atoms with Gasteiger partial charge in [0.05, 0.1) is 4.47 Å². The Morgan fingerprint density at radius 1 is 1.00 bits per heavy atom. The lowest BCUT2D eigenvalue weighted by Gasteiger charge is -2.10. The van der Waals surface area contributed by atoms with E-state index >= 15 is 0 Å². The molecule has 18 heavy (non-hydrogen) atoms. The molecule has 0 bridgehead atoms. The van der Waals surface area contributed by atoms with E-state index in [9.17, 15) is 4.39 Å². The van der Waals surface area contributed by atoms with Gasteiger partial charge in [-0.1, -0.05) is 34.1 Å². The average molecular weight is 374 g/mol. The maximum Gasteiger partial charge on any atom is 0.138 e. The van der Waals surface area contributed by atoms with Crippen LogP contribution in [0.2, 0.25) is 0 Å². The predicted molar refractivity (Wildman–Crippen MR) is 78.7 cm³/mol. The smallest absolute Gasteiger partial charge is 0.138 e. The molecule has 0 aliphatic carbocycles. The van der Waals surface area contributed by atoms with Gasteiger partial charge in [-0.3, -0.25) is 0 Å². The summed E-state index contributed by atoms with van der Waals surface area (Å²) >= 11 is 6.51. The molecule has 2 N–H and O–H groups in total. The van der Waals surface area contributed by atoms with Crippen LogP contribution >= 0.6 is 31.9 Å². The zero-order valence-electron chi connectivity index (χ0n) is 9.38. The Morgan fingerprint density at radius 2 is 1.72 bits per heavy atom. The van der Waals surface area contributed by atoms with Crippen LogP contribution in [0.15, 0.2) is 51.4 Å². The van der Waals surface area contributed by atoms with Crippen LogP contribution in [0.4, 0.5) is 10.1 Å². The summed E-state index contributed by atoms with van der Waals surface area (Å²) in [6.45, 7) is 0.578. The summed E-state index contributed by atoms with van der Waals surface area (Å²) in [6.07, 6.45) is 0. The number of benzene rings is 2. The van der Waals surface area contributed by atoms with E-state index in [0.717, 1.165) is 15.7 Å². The highest BCUT2D eigenvalue weighted by atomic mass is 79.9. The monoisotopic (exact) mass is 372 g/mol. The molecular formula is C13H11Br2FN2. The Hall–Kier alpha value is -0.910. The second-order valence-electron chi connectivity index (χ2n) is 3.70. The molecule has 0 aliphatic heterocycles. The number of hydrazine groups is 1. The summed E-state index contributed by atoms with van der Waals surface area (Å²) in [4.78, 5) is 0. The van der Waals surface area contributed by atoms with Gasteiger partial charge in [-0.05, 0) is 45.8 Å². The molecule has 0 unspecified atom stereocenters. The summed E-state index contributed by atoms with van der Waals surface area (Å²) in [6, 6.07) is 13.0. The first-order valence-corrected chi connectivity index (χ1v) is 6.93. The second-order valence-corrected chi connectivity index (χ2v) is 5.41. The molecule has 94 valence electrons. The summed E-state index contributed by atoms with van der Waals surface area (Å²) in [5, 5.41) is 0. The quantitative estimate of drug-likeness (QED) is 0.610. The third-order valence-corrected chi connectivity index (χ3v) is 3.72. The van der Waals surface area contributed by atoms with Gasteiger partial charge in [0.25, 0.3) is 0 Å². The number of halogens is 3. The minimum atomic E-state index is -0.276. The Labute approximate surface area is 122 Å². The molecule has 0 aliphatic rings. The van der Waals surface area contributed by atoms with Gasteiger partial charge in [0.15, 0.2) is 0 Å². The van der Waals surface area contributed by atoms with Crippen molar-refractivity contribution in [1.29, 1.82) is 0 Å². The molecule has 2 nitrogen and oxygen atoms in total. The molecule has 2 aromatic carbocycles. The number of para-hydroxylation sites is 1. The van der Waals surface area contributed by atoms with E-state index < -0.39 is 0 Å². The molecule has 2 rings (SSSR count). The fraction of sp³-hybridized carbons (Fsp3) is 0.0769. The molecule has 0 atom stereocenters. The van der Waals surface area contributed by atoms with Gasteiger partial charge in [-0.25, -0.2) is 9.82 Å². The van der Waals surface area contributed by atoms with Gasteiger partial charge in [0.1, 0.15) is 5.82 Å². The molecule has 2 aromatic rings. The van der Waals surface area contributed by atoms with Crippen molar-refractivity contribution in [2.45, 2.75) is 6.54 Å². The van der Waals surface area contributed by atoms with Crippen molar-refractivity contribution in [1.82, 2.24) is 5.43 Å². The van der Waals surface area contributed by atoms with Crippen LogP contribution in [0.5, 0.6) is 0 Å². The van der Waals surface area contributed by atoms with E-state index in [0.29, 0.717) is 11.0 Å². The molecule has 0 aromatic heterocycles. The Balaban J connectivity index is 1.97. The van der Waals surface area contributed by atoms with Crippen LogP contribution in [0.1, 0.15) is 5.56 Å². The Morgan fingerprint density at radius 3 is 2.44 bits per heavy atom. The number of anilines is 1. The van der Waals surface area contributed by atoms with Crippen molar-refractivity contribution in [2.24, 2.45) is 0 Å². The summed E-state index contributed by atoms with van der Waals surface area (Å²) in [5.74, 6) is -0.276. The normalized spacial score (nSPS) is 10.4. The first kappa shape index (κ1) is 13.5. The molecule has 0 heterocycles. The molecule has 0 fully saturated rings. The summed E-state index contributed by atoms with van der Waals surface area (Å²) in [7, 11) is 0. The third-order valence-electron chi connectivity index (χ3n) is 2.37. The second kappa shape index (κ2) is 6.31. The number of hydrogen-bond donors (Lipinski definition) is 2. The van der Waals surface area contributed by atoms with Gasteiger partial charge < -0.3 is 5.43 Å². The van der Waals surface area contributed by atoms with E-state index in [-0.39, 0.29) is 5.82 Å². The van der Waals surface area contributed by atoms with Crippen molar-refractivity contribution in [2.75, 3.05) is 5.43 Å². The first-order chi connectivity index (χ1) is 8.66. The first-order valence-electron chi connectivity index (χ1n) is 5.34. The van der Waals surface area contributed by atoms with E-state index in [2.05, 4.69) is 42.7 Å². The van der Waals surface area contributed by atoms with Gasteiger partial charge in [-0.2, -0.15) is 0 Å². The Bertz CT molecular complexity index is 532. The van der Waals surface area contributed by atoms with Gasteiger partial charge in [0, 0.05) is 16.7 Å². The van der Waals surface area contributed by atoms with Crippen LogP contribution in [-0.4, -0.2) is 0 Å². The number of nitrogens with one attached hydrogen (secondary N) is 2. The van der Waals surface area contributed by atoms with E-state index in [4.69, 9.17) is 0 Å². The minimum Gasteiger partial charge on any atom is -0.321 e. The lowest BCUT2D eigenvalue weighted by molar-refractivity contribution is 0.618. The van der Waals surface area contributed by atoms with Gasteiger partial charge >= 0.3 is 0 Å². The highest BCUT2D eigenvalue weighted by Crippen LogP contribution is 2.24. The van der Waals surface area contributed by atoms with Crippen LogP contribution in [0.3, 0.4) is 0 Å². The molecular weight excluding hydrogens is 363 g/mol. The van der Waals surface area contributed by atoms with E-state index in [1.165, 1.54) is 6.07 Å². The molecule has 0 saturated heterocycles. The standard InChI is InChI=1S/C13H11Br2FN2/c14-11-7-13(16)12(15)6-9(11)8-17-18-10-4-2-1-3-5-10/h1-7,17-18H,8H2. The average Bonchev–Trinajstić information content (AvgIpc) is 2.37. The van der Waals surface area contributed by atoms with Crippen LogP contribution in [0, 0.1) is 5.82 Å². The number of hydrogen-bond acceptors (Lipinski definition) is 2. The largest absolute Gasteiger partial charge is 0.321 e. The predicted octanol–water partition coefficient (Wildman–Crippen LogP) is 4.47. The van der Waals surface area contributed by atoms with E-state index in [1.54, 1.807) is 6.07 Å². The highest BCUT2D eigenvalue weighted by Gasteiger charge is 2.05. The lowest BCUT2D eigenvalue weighted by Crippen LogP contribution is -2.21. The molecule has 0 saturated carbocycles. The Kier molecular flexibility index (Phi) is 4.74. The molecule has 0 radical (unpaired) electrons. The van der Waals surface area contributed by atoms with E-state index in [1.807, 2.05) is 30.3 Å². The van der Waals surface area contributed by atoms with Crippen LogP contribution < -0.4 is 10.9 Å². The zero-order chi connectivity index (χ0) is 13.0. The third kappa shape index (κ3) is 3.54. The van der Waals surface area contributed by atoms with Crippen molar-refractivity contribution in [3.05, 3.63) is 62.8 Å². The SMILES string of the molecule is Fc1cc(Br)c(CNNc2ccccc2)cc1Br. The molecule has 0 spiro atoms. The number of rotatable bonds is 4. The van der Waals surface area contributed by atoms with Crippen LogP contribution in [0.25, 0.3) is 0 Å². The minimum absolute atomic E-state index is 0.276. The van der Waals surface area contributed by atoms with Crippen molar-refractivity contribution >= 4 is 37.5 Å². The topological polar surface area (TPSA) is 24.1 Å². The lowest BCUT2D eigenvalue weighted by atomic mass is 10.2. The maximum atomic E-state index is 13.2. The fourth-order valence-electron chi connectivity index (χ4n) is 1.46. The maximum absolute atomic E-state index is 13.2. The van der Waals surface area contributed by atoms with Gasteiger partial charge in [-0.15, -0.1) is 0 Å². The zero-order valence-corrected chi connectivity index (χ0v) is 12.6. The molecule has 5 heteroatoms. The van der Waals surface area contributed by atoms with Gasteiger partial charge in [0.2, 0.25) is 0 Å². The van der Waals surface area contributed by atoms with Crippen molar-refractivity contribution < 1.29 is 4.39 Å². The van der Waals surface area contributed by atoms with Crippen LogP contribution in [-0.2, 0) is 6.54 Å². The summed E-state index contributed by atoms with van der Waals surface area (Å²) < 4.78 is 14.4. The highest BCUT2D eigenvalue weighted by molar-refractivity contribution is 9.11. The van der Waals surface area contributed by atoms with Crippen molar-refractivity contribution in [3.8, 4) is 0 Å². The molecule has 0 amide bonds. The summed E-state index contributed by atoms with van der Waals surface area (Å²) in [5.41, 5.74) is 8.10.